The van der Waals surface area contributed by atoms with Gasteiger partial charge >= 0.3 is 0 Å². The van der Waals surface area contributed by atoms with Crippen molar-refractivity contribution in [3.05, 3.63) is 93.2 Å². The highest BCUT2D eigenvalue weighted by Gasteiger charge is 2.19. The number of sulfonamides is 1. The highest BCUT2D eigenvalue weighted by Crippen LogP contribution is 2.36. The fourth-order valence-electron chi connectivity index (χ4n) is 5.49. The number of benzene rings is 2. The van der Waals surface area contributed by atoms with Gasteiger partial charge in [-0.1, -0.05) is 124 Å². The van der Waals surface area contributed by atoms with Gasteiger partial charge in [0, 0.05) is 25.6 Å². The van der Waals surface area contributed by atoms with E-state index < -0.39 is 10.0 Å². The van der Waals surface area contributed by atoms with E-state index in [0.29, 0.717) is 34.2 Å². The van der Waals surface area contributed by atoms with Crippen molar-refractivity contribution < 1.29 is 8.42 Å². The van der Waals surface area contributed by atoms with E-state index in [2.05, 4.69) is 51.2 Å². The summed E-state index contributed by atoms with van der Waals surface area (Å²) in [5.74, 6) is 0.543. The van der Waals surface area contributed by atoms with Crippen molar-refractivity contribution in [2.45, 2.75) is 83.0 Å². The molecule has 0 aliphatic carbocycles. The lowest BCUT2D eigenvalue weighted by Crippen LogP contribution is -2.17. The molecule has 5 rings (SSSR count). The zero-order chi connectivity index (χ0) is 32.4. The molecule has 4 aromatic rings. The minimum Gasteiger partial charge on any atom is -0.283 e. The average Bonchev–Trinajstić information content (AvgIpc) is 3.59. The van der Waals surface area contributed by atoms with Crippen molar-refractivity contribution in [2.75, 3.05) is 10.5 Å². The van der Waals surface area contributed by atoms with E-state index in [-0.39, 0.29) is 5.75 Å². The summed E-state index contributed by atoms with van der Waals surface area (Å²) in [5, 5.41) is 14.8. The van der Waals surface area contributed by atoms with Crippen molar-refractivity contribution in [1.29, 1.82) is 0 Å². The second-order valence-corrected chi connectivity index (χ2v) is 15.0. The first-order valence-electron chi connectivity index (χ1n) is 16.2. The van der Waals surface area contributed by atoms with Crippen LogP contribution in [0.15, 0.2) is 81.6 Å². The minimum atomic E-state index is -3.53. The maximum absolute atomic E-state index is 13.0. The molecule has 1 N–H and O–H groups in total. The van der Waals surface area contributed by atoms with Crippen LogP contribution in [-0.4, -0.2) is 34.0 Å². The molecule has 0 radical (unpaired) electrons. The van der Waals surface area contributed by atoms with E-state index in [1.165, 1.54) is 55.4 Å². The number of nitrogens with one attached hydrogen (secondary N) is 1. The van der Waals surface area contributed by atoms with Crippen LogP contribution in [0.2, 0.25) is 0 Å². The van der Waals surface area contributed by atoms with Gasteiger partial charge in [0.15, 0.2) is 11.5 Å². The van der Waals surface area contributed by atoms with Crippen LogP contribution in [0.3, 0.4) is 0 Å². The molecule has 0 bridgehead atoms. The lowest BCUT2D eigenvalue weighted by Gasteiger charge is -2.11. The molecule has 0 spiro atoms. The summed E-state index contributed by atoms with van der Waals surface area (Å²) in [7, 11) is -3.53. The first kappa shape index (κ1) is 33.9. The summed E-state index contributed by atoms with van der Waals surface area (Å²) in [4.78, 5) is 2.30. The number of thioether (sulfide) groups is 1. The van der Waals surface area contributed by atoms with Crippen molar-refractivity contribution >= 4 is 56.9 Å². The van der Waals surface area contributed by atoms with Crippen LogP contribution >= 0.6 is 23.4 Å². The Kier molecular flexibility index (Phi) is 12.1. The fourth-order valence-corrected chi connectivity index (χ4v) is 7.79. The number of nitrogens with zero attached hydrogens (tertiary/aromatic N) is 4. The van der Waals surface area contributed by atoms with Crippen LogP contribution in [0.25, 0.3) is 29.2 Å². The molecule has 0 atom stereocenters. The Morgan fingerprint density at radius 3 is 2.39 bits per heavy atom. The molecule has 242 valence electrons. The molecule has 2 aromatic heterocycles. The summed E-state index contributed by atoms with van der Waals surface area (Å²) < 4.78 is 30.5. The van der Waals surface area contributed by atoms with Crippen molar-refractivity contribution in [3.8, 4) is 11.4 Å². The van der Waals surface area contributed by atoms with Gasteiger partial charge in [0.2, 0.25) is 10.0 Å². The number of allylic oxidation sites excluding steroid dienone is 4. The number of fused-ring (bicyclic) bond motifs is 2. The molecule has 1 aliphatic rings. The molecule has 7 nitrogen and oxygen atoms in total. The minimum absolute atomic E-state index is 0.0850. The molecule has 0 saturated heterocycles. The van der Waals surface area contributed by atoms with Crippen LogP contribution < -0.4 is 9.94 Å². The topological polar surface area (TPSA) is 89.2 Å². The highest BCUT2D eigenvalue weighted by molar-refractivity contribution is 8.03. The monoisotopic (exact) mass is 675 g/mol. The van der Waals surface area contributed by atoms with Gasteiger partial charge in [-0.3, -0.25) is 4.72 Å². The highest BCUT2D eigenvalue weighted by atomic mass is 35.5. The van der Waals surface area contributed by atoms with Crippen LogP contribution in [-0.2, 0) is 10.0 Å². The number of halogens is 1. The average molecular weight is 676 g/mol. The second-order valence-electron chi connectivity index (χ2n) is 11.6. The summed E-state index contributed by atoms with van der Waals surface area (Å²) in [5.41, 5.74) is 3.57. The summed E-state index contributed by atoms with van der Waals surface area (Å²) in [6.45, 7) is 4.13. The number of para-hydroxylation sites is 1. The largest absolute Gasteiger partial charge is 0.283 e. The molecular weight excluding hydrogens is 634 g/mol. The number of aryl methyl sites for hydroxylation is 1. The van der Waals surface area contributed by atoms with E-state index >= 15 is 0 Å². The number of aromatic nitrogens is 4. The Bertz CT molecular complexity index is 1900. The fraction of sp³-hybridized carbons (Fsp3) is 0.361. The zero-order valence-corrected chi connectivity index (χ0v) is 29.0. The molecule has 46 heavy (non-hydrogen) atoms. The number of anilines is 1. The number of rotatable bonds is 16. The molecule has 0 saturated carbocycles. The van der Waals surface area contributed by atoms with E-state index in [4.69, 9.17) is 11.6 Å². The lowest BCUT2D eigenvalue weighted by molar-refractivity contribution is 0.558. The Balaban J connectivity index is 1.24. The van der Waals surface area contributed by atoms with Crippen LogP contribution in [0.5, 0.6) is 0 Å². The second kappa shape index (κ2) is 16.4. The molecular formula is C36H42ClN5O2S2. The molecule has 0 fully saturated rings. The molecule has 1 aliphatic heterocycles. The summed E-state index contributed by atoms with van der Waals surface area (Å²) >= 11 is 8.35. The van der Waals surface area contributed by atoms with Crippen molar-refractivity contribution in [1.82, 2.24) is 19.8 Å². The predicted molar refractivity (Wildman–Crippen MR) is 193 cm³/mol. The van der Waals surface area contributed by atoms with Crippen LogP contribution in [0, 0.1) is 6.92 Å². The van der Waals surface area contributed by atoms with E-state index in [9.17, 15) is 8.42 Å². The first-order valence-corrected chi connectivity index (χ1v) is 19.0. The van der Waals surface area contributed by atoms with E-state index in [1.54, 1.807) is 28.4 Å². The predicted octanol–water partition coefficient (Wildman–Crippen LogP) is 9.09. The van der Waals surface area contributed by atoms with Gasteiger partial charge in [-0.05, 0) is 61.4 Å². The Hall–Kier alpha value is -3.40. The smallest absolute Gasteiger partial charge is 0.232 e. The zero-order valence-electron chi connectivity index (χ0n) is 26.6. The molecule has 0 unspecified atom stereocenters. The van der Waals surface area contributed by atoms with Gasteiger partial charge in [0.1, 0.15) is 0 Å². The standard InChI is InChI=1S/C36H42ClN5O2S2/c1-3-4-5-6-7-8-9-10-11-16-25-46(43,44)41-33-19-14-13-18-31(33)35-38-39-36-32(27(2)40-42(35)36)26-29(37)22-24-30-23-21-28-17-12-15-20-34(28)45-30/h12-15,17-24,26,41H,3-11,16,25H2,1-2H3/b29-22-,30-24+,32-26-. The molecule has 3 heterocycles. The van der Waals surface area contributed by atoms with Gasteiger partial charge in [-0.25, -0.2) is 8.42 Å². The summed E-state index contributed by atoms with van der Waals surface area (Å²) in [6, 6.07) is 15.5. The Labute approximate surface area is 282 Å². The van der Waals surface area contributed by atoms with Gasteiger partial charge in [-0.2, -0.15) is 9.61 Å². The SMILES string of the molecule is CCCCCCCCCCCCS(=O)(=O)Nc1ccccc1-c1nnc2\c(=C/C(Cl)=C/C=C3\C=Cc4ccccc4S3)c(C)nn12. The summed E-state index contributed by atoms with van der Waals surface area (Å²) in [6.07, 6.45) is 21.4. The van der Waals surface area contributed by atoms with Gasteiger partial charge < -0.3 is 0 Å². The van der Waals surface area contributed by atoms with E-state index in [1.807, 2.05) is 49.4 Å². The van der Waals surface area contributed by atoms with Gasteiger partial charge in [0.25, 0.3) is 0 Å². The first-order chi connectivity index (χ1) is 22.3. The maximum Gasteiger partial charge on any atom is 0.232 e. The third-order valence-electron chi connectivity index (χ3n) is 7.98. The Morgan fingerprint density at radius 1 is 0.913 bits per heavy atom. The Morgan fingerprint density at radius 2 is 1.61 bits per heavy atom. The van der Waals surface area contributed by atoms with E-state index in [0.717, 1.165) is 28.7 Å². The number of hydrogen-bond donors (Lipinski definition) is 1. The maximum atomic E-state index is 13.0. The number of hydrogen-bond acceptors (Lipinski definition) is 6. The van der Waals surface area contributed by atoms with Crippen molar-refractivity contribution in [2.24, 2.45) is 0 Å². The number of unbranched alkanes of at least 4 members (excludes halogenated alkanes) is 9. The molecule has 10 heteroatoms. The normalized spacial score (nSPS) is 14.8. The third-order valence-corrected chi connectivity index (χ3v) is 10.7. The van der Waals surface area contributed by atoms with Crippen LogP contribution in [0.4, 0.5) is 5.69 Å². The quantitative estimate of drug-likeness (QED) is 0.119. The molecule has 0 amide bonds. The molecule has 2 aromatic carbocycles. The lowest BCUT2D eigenvalue weighted by atomic mass is 10.1. The van der Waals surface area contributed by atoms with Crippen LogP contribution in [0.1, 0.15) is 82.4 Å². The van der Waals surface area contributed by atoms with Gasteiger partial charge in [0.05, 0.1) is 17.1 Å². The van der Waals surface area contributed by atoms with Gasteiger partial charge in [-0.15, -0.1) is 10.2 Å². The third kappa shape index (κ3) is 9.11. The van der Waals surface area contributed by atoms with Crippen molar-refractivity contribution in [3.63, 3.8) is 0 Å².